The van der Waals surface area contributed by atoms with Gasteiger partial charge >= 0.3 is 0 Å². The molecule has 0 unspecified atom stereocenters. The molecule has 6 heteroatoms. The van der Waals surface area contributed by atoms with Gasteiger partial charge in [-0.15, -0.1) is 11.8 Å². The quantitative estimate of drug-likeness (QED) is 0.716. The molecule has 0 spiro atoms. The van der Waals surface area contributed by atoms with E-state index in [0.29, 0.717) is 5.56 Å². The summed E-state index contributed by atoms with van der Waals surface area (Å²) >= 11 is 2.74. The molecule has 0 atom stereocenters. The van der Waals surface area contributed by atoms with Gasteiger partial charge in [0, 0.05) is 0 Å². The van der Waals surface area contributed by atoms with E-state index in [0.717, 1.165) is 9.96 Å². The maximum absolute atomic E-state index is 10.9. The molecular weight excluding hydrogens is 194 g/mol. The first-order valence-corrected chi connectivity index (χ1v) is 5.10. The highest BCUT2D eigenvalue weighted by Crippen LogP contribution is 2.30. The van der Waals surface area contributed by atoms with Crippen LogP contribution in [0.1, 0.15) is 17.3 Å². The second-order valence-corrected chi connectivity index (χ2v) is 4.33. The van der Waals surface area contributed by atoms with E-state index in [-0.39, 0.29) is 5.82 Å². The lowest BCUT2D eigenvalue weighted by Crippen LogP contribution is -2.13. The molecule has 0 bridgehead atoms. The number of nitrogens with two attached hydrogens (primary N) is 2. The Hall–Kier alpha value is -0.750. The minimum Gasteiger partial charge on any atom is -0.382 e. The predicted octanol–water partition coefficient (Wildman–Crippen LogP) is 0.936. The largest absolute Gasteiger partial charge is 0.382 e. The lowest BCUT2D eigenvalue weighted by Gasteiger charge is -1.95. The van der Waals surface area contributed by atoms with Crippen molar-refractivity contribution in [2.75, 3.05) is 11.5 Å². The van der Waals surface area contributed by atoms with Gasteiger partial charge in [-0.05, 0) is 17.3 Å². The van der Waals surface area contributed by atoms with Crippen LogP contribution in [-0.4, -0.2) is 16.0 Å². The van der Waals surface area contributed by atoms with Gasteiger partial charge in [-0.25, -0.2) is 0 Å². The predicted molar refractivity (Wildman–Crippen MR) is 51.4 cm³/mol. The zero-order valence-corrected chi connectivity index (χ0v) is 8.17. The number of nitrogen functional groups attached to an aromatic ring is 1. The molecule has 1 amide bonds. The Morgan fingerprint density at radius 1 is 1.75 bits per heavy atom. The summed E-state index contributed by atoms with van der Waals surface area (Å²) in [7, 11) is 0. The van der Waals surface area contributed by atoms with Crippen molar-refractivity contribution in [2.24, 2.45) is 5.73 Å². The third kappa shape index (κ3) is 1.70. The highest BCUT2D eigenvalue weighted by Gasteiger charge is 2.15. The van der Waals surface area contributed by atoms with Gasteiger partial charge in [0.2, 0.25) is 0 Å². The zero-order chi connectivity index (χ0) is 9.14. The average Bonchev–Trinajstić information content (AvgIpc) is 2.32. The van der Waals surface area contributed by atoms with E-state index >= 15 is 0 Å². The number of amides is 1. The fraction of sp³-hybridized carbons (Fsp3) is 0.333. The van der Waals surface area contributed by atoms with Crippen LogP contribution < -0.4 is 11.5 Å². The number of nitrogens with zero attached hydrogens (tertiary/aromatic N) is 1. The third-order valence-electron chi connectivity index (χ3n) is 1.21. The number of thioether (sulfide) groups is 1. The Balaban J connectivity index is 3.04. The molecular formula is C6H9N3OS2. The van der Waals surface area contributed by atoms with E-state index in [2.05, 4.69) is 4.37 Å². The van der Waals surface area contributed by atoms with Gasteiger partial charge in [0.1, 0.15) is 5.56 Å². The normalized spacial score (nSPS) is 10.1. The number of hydrogen-bond acceptors (Lipinski definition) is 5. The van der Waals surface area contributed by atoms with E-state index in [1.165, 1.54) is 23.3 Å². The molecule has 0 aliphatic carbocycles. The number of carbonyl (C=O) groups is 1. The monoisotopic (exact) mass is 203 g/mol. The molecule has 66 valence electrons. The Labute approximate surface area is 78.5 Å². The number of primary amides is 1. The van der Waals surface area contributed by atoms with Gasteiger partial charge in [-0.3, -0.25) is 4.79 Å². The lowest BCUT2D eigenvalue weighted by molar-refractivity contribution is 0.0999. The van der Waals surface area contributed by atoms with Gasteiger partial charge < -0.3 is 11.5 Å². The Kier molecular flexibility index (Phi) is 2.93. The fourth-order valence-corrected chi connectivity index (χ4v) is 2.60. The van der Waals surface area contributed by atoms with E-state index in [4.69, 9.17) is 11.5 Å². The maximum atomic E-state index is 10.9. The van der Waals surface area contributed by atoms with Gasteiger partial charge in [0.05, 0.1) is 4.21 Å². The van der Waals surface area contributed by atoms with Crippen LogP contribution in [0.3, 0.4) is 0 Å². The summed E-state index contributed by atoms with van der Waals surface area (Å²) in [6.07, 6.45) is 0. The summed E-state index contributed by atoms with van der Waals surface area (Å²) in [6.45, 7) is 1.99. The van der Waals surface area contributed by atoms with Gasteiger partial charge in [0.25, 0.3) is 5.91 Å². The van der Waals surface area contributed by atoms with E-state index in [1.807, 2.05) is 6.92 Å². The highest BCUT2D eigenvalue weighted by atomic mass is 32.2. The van der Waals surface area contributed by atoms with Crippen molar-refractivity contribution in [3.05, 3.63) is 5.56 Å². The molecule has 12 heavy (non-hydrogen) atoms. The number of aromatic nitrogens is 1. The second-order valence-electron chi connectivity index (χ2n) is 2.03. The smallest absolute Gasteiger partial charge is 0.254 e. The molecule has 0 saturated heterocycles. The van der Waals surface area contributed by atoms with Crippen LogP contribution in [0.25, 0.3) is 0 Å². The summed E-state index contributed by atoms with van der Waals surface area (Å²) in [5, 5.41) is 0. The maximum Gasteiger partial charge on any atom is 0.254 e. The Morgan fingerprint density at radius 3 is 2.92 bits per heavy atom. The Morgan fingerprint density at radius 2 is 2.42 bits per heavy atom. The minimum atomic E-state index is -0.503. The second kappa shape index (κ2) is 3.77. The number of carbonyl (C=O) groups excluding carboxylic acids is 1. The average molecular weight is 203 g/mol. The van der Waals surface area contributed by atoms with Crippen LogP contribution >= 0.6 is 23.3 Å². The first-order valence-electron chi connectivity index (χ1n) is 3.34. The molecule has 1 aromatic heterocycles. The molecule has 0 radical (unpaired) electrons. The van der Waals surface area contributed by atoms with Gasteiger partial charge in [-0.1, -0.05) is 6.92 Å². The molecule has 0 aliphatic rings. The van der Waals surface area contributed by atoms with E-state index in [1.54, 1.807) is 0 Å². The summed E-state index contributed by atoms with van der Waals surface area (Å²) in [5.74, 6) is 0.614. The molecule has 0 fully saturated rings. The topological polar surface area (TPSA) is 82.0 Å². The fourth-order valence-electron chi connectivity index (χ4n) is 0.743. The molecule has 4 nitrogen and oxygen atoms in total. The van der Waals surface area contributed by atoms with E-state index < -0.39 is 5.91 Å². The summed E-state index contributed by atoms with van der Waals surface area (Å²) in [5.41, 5.74) is 10.9. The van der Waals surface area contributed by atoms with Crippen LogP contribution in [-0.2, 0) is 0 Å². The summed E-state index contributed by atoms with van der Waals surface area (Å²) in [4.78, 5) is 10.9. The first-order chi connectivity index (χ1) is 5.66. The SMILES string of the molecule is CCSc1snc(N)c1C(N)=O. The third-order valence-corrected chi connectivity index (χ3v) is 3.20. The summed E-state index contributed by atoms with van der Waals surface area (Å²) < 4.78 is 4.66. The molecule has 1 heterocycles. The summed E-state index contributed by atoms with van der Waals surface area (Å²) in [6, 6.07) is 0. The standard InChI is InChI=1S/C6H9N3OS2/c1-2-11-6-3(5(8)10)4(7)9-12-6/h2H2,1H3,(H2,7,9)(H2,8,10). The van der Waals surface area contributed by atoms with Crippen molar-refractivity contribution >= 4 is 35.0 Å². The molecule has 1 rings (SSSR count). The molecule has 0 saturated carbocycles. The van der Waals surface area contributed by atoms with Crippen LogP contribution in [0.5, 0.6) is 0 Å². The van der Waals surface area contributed by atoms with E-state index in [9.17, 15) is 4.79 Å². The van der Waals surface area contributed by atoms with Crippen LogP contribution in [0.15, 0.2) is 4.21 Å². The van der Waals surface area contributed by atoms with Crippen LogP contribution in [0.2, 0.25) is 0 Å². The van der Waals surface area contributed by atoms with Gasteiger partial charge in [-0.2, -0.15) is 4.37 Å². The van der Waals surface area contributed by atoms with Crippen LogP contribution in [0.4, 0.5) is 5.82 Å². The van der Waals surface area contributed by atoms with Crippen molar-refractivity contribution in [3.8, 4) is 0 Å². The molecule has 4 N–H and O–H groups in total. The molecule has 0 aromatic carbocycles. The number of rotatable bonds is 3. The van der Waals surface area contributed by atoms with Crippen molar-refractivity contribution in [1.29, 1.82) is 0 Å². The Bertz CT molecular complexity index is 297. The zero-order valence-electron chi connectivity index (χ0n) is 6.53. The van der Waals surface area contributed by atoms with Crippen molar-refractivity contribution in [2.45, 2.75) is 11.1 Å². The van der Waals surface area contributed by atoms with Crippen molar-refractivity contribution in [1.82, 2.24) is 4.37 Å². The van der Waals surface area contributed by atoms with Crippen molar-refractivity contribution in [3.63, 3.8) is 0 Å². The van der Waals surface area contributed by atoms with Gasteiger partial charge in [0.15, 0.2) is 5.82 Å². The minimum absolute atomic E-state index is 0.239. The molecule has 1 aromatic rings. The first kappa shape index (κ1) is 9.34. The number of hydrogen-bond donors (Lipinski definition) is 2. The van der Waals surface area contributed by atoms with Crippen molar-refractivity contribution < 1.29 is 4.79 Å². The molecule has 0 aliphatic heterocycles. The number of anilines is 1. The highest BCUT2D eigenvalue weighted by molar-refractivity contribution is 8.01. The van der Waals surface area contributed by atoms with Crippen LogP contribution in [0, 0.1) is 0 Å². The lowest BCUT2D eigenvalue weighted by atomic mass is 10.3.